The molecule has 0 bridgehead atoms. The number of anilines is 1. The summed E-state index contributed by atoms with van der Waals surface area (Å²) in [7, 11) is 0. The van der Waals surface area contributed by atoms with Gasteiger partial charge in [-0.2, -0.15) is 13.2 Å². The molecule has 4 nitrogen and oxygen atoms in total. The first-order chi connectivity index (χ1) is 14.1. The molecule has 0 atom stereocenters. The van der Waals surface area contributed by atoms with E-state index in [2.05, 4.69) is 4.98 Å². The van der Waals surface area contributed by atoms with Gasteiger partial charge in [0.1, 0.15) is 17.3 Å². The van der Waals surface area contributed by atoms with Crippen molar-refractivity contribution in [2.24, 2.45) is 0 Å². The van der Waals surface area contributed by atoms with Crippen LogP contribution in [-0.4, -0.2) is 15.2 Å². The van der Waals surface area contributed by atoms with Crippen molar-refractivity contribution < 1.29 is 26.7 Å². The van der Waals surface area contributed by atoms with E-state index in [1.54, 1.807) is 0 Å². The summed E-state index contributed by atoms with van der Waals surface area (Å²) >= 11 is 0. The zero-order chi connectivity index (χ0) is 21.6. The summed E-state index contributed by atoms with van der Waals surface area (Å²) in [4.78, 5) is 16.8. The van der Waals surface area contributed by atoms with E-state index in [1.165, 1.54) is 34.9 Å². The van der Waals surface area contributed by atoms with Crippen LogP contribution in [0.15, 0.2) is 60.1 Å². The number of hydrogen-bond acceptors (Lipinski definition) is 3. The summed E-state index contributed by atoms with van der Waals surface area (Å²) in [6.45, 7) is 0. The minimum atomic E-state index is -4.69. The van der Waals surface area contributed by atoms with Crippen LogP contribution in [-0.2, 0) is 6.18 Å². The molecule has 9 heteroatoms. The first-order valence-corrected chi connectivity index (χ1v) is 8.90. The molecule has 2 heterocycles. The maximum atomic E-state index is 14.5. The molecule has 0 radical (unpaired) electrons. The number of nitrogen functional groups attached to an aromatic ring is 1. The Kier molecular flexibility index (Phi) is 4.68. The highest BCUT2D eigenvalue weighted by Gasteiger charge is 2.31. The number of halogens is 5. The van der Waals surface area contributed by atoms with Gasteiger partial charge < -0.3 is 5.73 Å². The number of aromatic nitrogens is 2. The normalized spacial score (nSPS) is 14.6. The third kappa shape index (κ3) is 3.47. The van der Waals surface area contributed by atoms with Crippen LogP contribution in [0.25, 0.3) is 16.9 Å². The number of pyridine rings is 1. The molecule has 4 rings (SSSR count). The van der Waals surface area contributed by atoms with Crippen molar-refractivity contribution in [3.63, 3.8) is 0 Å². The van der Waals surface area contributed by atoms with E-state index in [0.717, 1.165) is 12.1 Å². The second kappa shape index (κ2) is 7.08. The molecular weight excluding hydrogens is 405 g/mol. The van der Waals surface area contributed by atoms with Crippen LogP contribution in [0.3, 0.4) is 0 Å². The maximum absolute atomic E-state index is 14.5. The molecule has 2 N–H and O–H groups in total. The molecule has 1 aliphatic carbocycles. The van der Waals surface area contributed by atoms with E-state index in [9.17, 15) is 26.7 Å². The highest BCUT2D eigenvalue weighted by molar-refractivity contribution is 6.09. The van der Waals surface area contributed by atoms with Crippen LogP contribution in [0.4, 0.5) is 27.8 Å². The van der Waals surface area contributed by atoms with Crippen LogP contribution >= 0.6 is 0 Å². The number of alkyl halides is 3. The van der Waals surface area contributed by atoms with Crippen LogP contribution in [0.2, 0.25) is 0 Å². The molecule has 0 amide bonds. The molecule has 2 aromatic heterocycles. The van der Waals surface area contributed by atoms with Crippen molar-refractivity contribution in [3.05, 3.63) is 77.0 Å². The zero-order valence-corrected chi connectivity index (χ0v) is 15.3. The molecule has 1 aliphatic rings. The number of carbonyl (C=O) groups is 1. The standard InChI is InChI=1S/C21H14F5N3O/c22-14-5-1-11(2-6-14)19(30)12-3-8-17-28-20(27)18(29(17)10-12)15-7-4-13(9-16(15)23)21(24,25)26/h1,3-5,7-10H,2,6,27H2. The number of carbonyl (C=O) groups excluding carboxylic acids is 1. The van der Waals surface area contributed by atoms with Crippen molar-refractivity contribution in [1.29, 1.82) is 0 Å². The van der Waals surface area contributed by atoms with Crippen molar-refractivity contribution >= 4 is 17.2 Å². The highest BCUT2D eigenvalue weighted by Crippen LogP contribution is 2.35. The lowest BCUT2D eigenvalue weighted by Gasteiger charge is -2.11. The monoisotopic (exact) mass is 419 g/mol. The Bertz CT molecular complexity index is 1240. The first kappa shape index (κ1) is 19.8. The Labute approximate surface area is 167 Å². The van der Waals surface area contributed by atoms with Crippen molar-refractivity contribution in [3.8, 4) is 11.3 Å². The number of benzene rings is 1. The van der Waals surface area contributed by atoms with Gasteiger partial charge in [0, 0.05) is 29.3 Å². The number of nitrogens with zero attached hydrogens (tertiary/aromatic N) is 2. The molecule has 3 aromatic rings. The Hall–Kier alpha value is -3.49. The van der Waals surface area contributed by atoms with Crippen molar-refractivity contribution in [2.75, 3.05) is 5.73 Å². The molecule has 1 aromatic carbocycles. The SMILES string of the molecule is Nc1nc2ccc(C(=O)C3=CC=C(F)CC3)cn2c1-c1ccc(C(F)(F)F)cc1F. The molecule has 0 fully saturated rings. The number of imidazole rings is 1. The van der Waals surface area contributed by atoms with Crippen LogP contribution < -0.4 is 5.73 Å². The molecule has 0 saturated carbocycles. The van der Waals surface area contributed by atoms with Gasteiger partial charge in [0.2, 0.25) is 0 Å². The van der Waals surface area contributed by atoms with Crippen LogP contribution in [0.5, 0.6) is 0 Å². The fraction of sp³-hybridized carbons (Fsp3) is 0.143. The van der Waals surface area contributed by atoms with Crippen LogP contribution in [0.1, 0.15) is 28.8 Å². The molecule has 0 saturated heterocycles. The smallest absolute Gasteiger partial charge is 0.382 e. The Morgan fingerprint density at radius 3 is 2.47 bits per heavy atom. The molecule has 0 aliphatic heterocycles. The van der Waals surface area contributed by atoms with Gasteiger partial charge in [0.25, 0.3) is 0 Å². The lowest BCUT2D eigenvalue weighted by Crippen LogP contribution is -2.08. The average Bonchev–Trinajstić information content (AvgIpc) is 3.02. The number of rotatable bonds is 3. The van der Waals surface area contributed by atoms with E-state index in [4.69, 9.17) is 5.73 Å². The predicted octanol–water partition coefficient (Wildman–Crippen LogP) is 5.50. The molecule has 154 valence electrons. The van der Waals surface area contributed by atoms with E-state index in [1.807, 2.05) is 0 Å². The summed E-state index contributed by atoms with van der Waals surface area (Å²) in [5, 5.41) is 0. The number of hydrogen-bond donors (Lipinski definition) is 1. The zero-order valence-electron chi connectivity index (χ0n) is 15.3. The van der Waals surface area contributed by atoms with Gasteiger partial charge >= 0.3 is 6.18 Å². The third-order valence-corrected chi connectivity index (χ3v) is 4.85. The Morgan fingerprint density at radius 1 is 1.07 bits per heavy atom. The van der Waals surface area contributed by atoms with Crippen LogP contribution in [0, 0.1) is 5.82 Å². The summed E-state index contributed by atoms with van der Waals surface area (Å²) in [6.07, 6.45) is -0.294. The summed E-state index contributed by atoms with van der Waals surface area (Å²) in [6, 6.07) is 5.11. The number of Topliss-reactive ketones (excluding diaryl/α,β-unsaturated/α-hetero) is 1. The second-order valence-electron chi connectivity index (χ2n) is 6.82. The number of allylic oxidation sites excluding steroid dienone is 4. The maximum Gasteiger partial charge on any atom is 0.416 e. The molecular formula is C21H14F5N3O. The van der Waals surface area contributed by atoms with Gasteiger partial charge in [-0.1, -0.05) is 6.08 Å². The van der Waals surface area contributed by atoms with Gasteiger partial charge in [-0.15, -0.1) is 0 Å². The van der Waals surface area contributed by atoms with Crippen molar-refractivity contribution in [1.82, 2.24) is 9.38 Å². The quantitative estimate of drug-likeness (QED) is 0.451. The summed E-state index contributed by atoms with van der Waals surface area (Å²) in [5.41, 5.74) is 5.56. The number of nitrogens with two attached hydrogens (primary N) is 1. The van der Waals surface area contributed by atoms with Gasteiger partial charge in [0.05, 0.1) is 11.3 Å². The summed E-state index contributed by atoms with van der Waals surface area (Å²) < 4.78 is 67.6. The van der Waals surface area contributed by atoms with Gasteiger partial charge in [-0.3, -0.25) is 9.20 Å². The number of fused-ring (bicyclic) bond motifs is 1. The third-order valence-electron chi connectivity index (χ3n) is 4.85. The lowest BCUT2D eigenvalue weighted by atomic mass is 9.97. The van der Waals surface area contributed by atoms with Gasteiger partial charge in [-0.05, 0) is 42.8 Å². The lowest BCUT2D eigenvalue weighted by molar-refractivity contribution is -0.137. The van der Waals surface area contributed by atoms with Gasteiger partial charge in [-0.25, -0.2) is 13.8 Å². The van der Waals surface area contributed by atoms with E-state index in [0.29, 0.717) is 17.3 Å². The topological polar surface area (TPSA) is 60.4 Å². The van der Waals surface area contributed by atoms with E-state index < -0.39 is 17.6 Å². The first-order valence-electron chi connectivity index (χ1n) is 8.90. The largest absolute Gasteiger partial charge is 0.416 e. The van der Waals surface area contributed by atoms with E-state index >= 15 is 0 Å². The molecule has 0 unspecified atom stereocenters. The second-order valence-corrected chi connectivity index (χ2v) is 6.82. The average molecular weight is 419 g/mol. The molecule has 0 spiro atoms. The molecule has 30 heavy (non-hydrogen) atoms. The summed E-state index contributed by atoms with van der Waals surface area (Å²) in [5.74, 6) is -1.87. The Morgan fingerprint density at radius 2 is 1.83 bits per heavy atom. The minimum absolute atomic E-state index is 0.0365. The predicted molar refractivity (Wildman–Crippen MR) is 101 cm³/mol. The Balaban J connectivity index is 1.81. The minimum Gasteiger partial charge on any atom is -0.382 e. The van der Waals surface area contributed by atoms with Crippen molar-refractivity contribution in [2.45, 2.75) is 19.0 Å². The van der Waals surface area contributed by atoms with Gasteiger partial charge in [0.15, 0.2) is 11.6 Å². The number of ketones is 1. The fourth-order valence-corrected chi connectivity index (χ4v) is 3.33. The fourth-order valence-electron chi connectivity index (χ4n) is 3.33. The highest BCUT2D eigenvalue weighted by atomic mass is 19.4. The van der Waals surface area contributed by atoms with E-state index in [-0.39, 0.29) is 47.1 Å².